The van der Waals surface area contributed by atoms with Crippen molar-refractivity contribution >= 4 is 0 Å². The average Bonchev–Trinajstić information content (AvgIpc) is 2.60. The Morgan fingerprint density at radius 1 is 1.62 bits per heavy atom. The van der Waals surface area contributed by atoms with Crippen molar-refractivity contribution in [2.45, 2.75) is 26.4 Å². The van der Waals surface area contributed by atoms with Gasteiger partial charge in [0, 0.05) is 37.9 Å². The SMILES string of the molecule is CCn1cccc1CNCCC#N. The highest BCUT2D eigenvalue weighted by molar-refractivity contribution is 5.06. The molecule has 0 saturated carbocycles. The normalized spacial score (nSPS) is 9.85. The van der Waals surface area contributed by atoms with Gasteiger partial charge in [0.15, 0.2) is 0 Å². The molecule has 1 aromatic rings. The first kappa shape index (κ1) is 9.82. The molecule has 0 atom stereocenters. The molecule has 0 aliphatic heterocycles. The molecule has 0 saturated heterocycles. The number of hydrogen-bond acceptors (Lipinski definition) is 2. The molecular weight excluding hydrogens is 162 g/mol. The molecule has 0 radical (unpaired) electrons. The summed E-state index contributed by atoms with van der Waals surface area (Å²) in [6, 6.07) is 6.25. The summed E-state index contributed by atoms with van der Waals surface area (Å²) in [6.07, 6.45) is 2.65. The summed E-state index contributed by atoms with van der Waals surface area (Å²) in [7, 11) is 0. The van der Waals surface area contributed by atoms with Crippen molar-refractivity contribution in [1.82, 2.24) is 9.88 Å². The van der Waals surface area contributed by atoms with Gasteiger partial charge in [-0.25, -0.2) is 0 Å². The number of rotatable bonds is 5. The van der Waals surface area contributed by atoms with Crippen molar-refractivity contribution in [3.8, 4) is 6.07 Å². The summed E-state index contributed by atoms with van der Waals surface area (Å²) in [5.74, 6) is 0. The Labute approximate surface area is 79.0 Å². The third kappa shape index (κ3) is 2.92. The molecule has 1 aromatic heterocycles. The van der Waals surface area contributed by atoms with Crippen LogP contribution in [0.25, 0.3) is 0 Å². The van der Waals surface area contributed by atoms with E-state index < -0.39 is 0 Å². The number of aromatic nitrogens is 1. The summed E-state index contributed by atoms with van der Waals surface area (Å²) in [6.45, 7) is 4.74. The summed E-state index contributed by atoms with van der Waals surface area (Å²) in [5, 5.41) is 11.5. The van der Waals surface area contributed by atoms with Crippen molar-refractivity contribution in [2.24, 2.45) is 0 Å². The lowest BCUT2D eigenvalue weighted by Gasteiger charge is -2.06. The van der Waals surface area contributed by atoms with E-state index in [1.807, 2.05) is 6.07 Å². The molecule has 0 amide bonds. The van der Waals surface area contributed by atoms with Gasteiger partial charge in [-0.05, 0) is 19.1 Å². The molecule has 1 heterocycles. The highest BCUT2D eigenvalue weighted by atomic mass is 15.0. The largest absolute Gasteiger partial charge is 0.351 e. The van der Waals surface area contributed by atoms with Gasteiger partial charge in [-0.3, -0.25) is 0 Å². The van der Waals surface area contributed by atoms with Gasteiger partial charge in [0.2, 0.25) is 0 Å². The fraction of sp³-hybridized carbons (Fsp3) is 0.500. The minimum absolute atomic E-state index is 0.576. The lowest BCUT2D eigenvalue weighted by Crippen LogP contribution is -2.16. The van der Waals surface area contributed by atoms with Gasteiger partial charge in [0.05, 0.1) is 6.07 Å². The predicted molar refractivity (Wildman–Crippen MR) is 52.0 cm³/mol. The molecule has 13 heavy (non-hydrogen) atoms. The fourth-order valence-electron chi connectivity index (χ4n) is 1.28. The summed E-state index contributed by atoms with van der Waals surface area (Å²) >= 11 is 0. The van der Waals surface area contributed by atoms with Gasteiger partial charge < -0.3 is 9.88 Å². The number of aryl methyl sites for hydroxylation is 1. The molecule has 0 fully saturated rings. The number of hydrogen-bond donors (Lipinski definition) is 1. The highest BCUT2D eigenvalue weighted by Crippen LogP contribution is 2.00. The van der Waals surface area contributed by atoms with Gasteiger partial charge in [-0.1, -0.05) is 0 Å². The molecule has 1 rings (SSSR count). The van der Waals surface area contributed by atoms with Gasteiger partial charge in [-0.2, -0.15) is 5.26 Å². The van der Waals surface area contributed by atoms with Crippen LogP contribution in [0, 0.1) is 11.3 Å². The van der Waals surface area contributed by atoms with Crippen molar-refractivity contribution in [1.29, 1.82) is 5.26 Å². The van der Waals surface area contributed by atoms with E-state index >= 15 is 0 Å². The van der Waals surface area contributed by atoms with Crippen LogP contribution in [0.15, 0.2) is 18.3 Å². The van der Waals surface area contributed by atoms with E-state index in [9.17, 15) is 0 Å². The maximum atomic E-state index is 8.33. The molecule has 3 heteroatoms. The average molecular weight is 177 g/mol. The molecule has 0 bridgehead atoms. The molecule has 0 spiro atoms. The van der Waals surface area contributed by atoms with Crippen LogP contribution in [0.2, 0.25) is 0 Å². The zero-order valence-electron chi connectivity index (χ0n) is 7.95. The van der Waals surface area contributed by atoms with E-state index in [4.69, 9.17) is 5.26 Å². The third-order valence-electron chi connectivity index (χ3n) is 1.98. The molecule has 0 aromatic carbocycles. The first-order valence-electron chi connectivity index (χ1n) is 4.60. The van der Waals surface area contributed by atoms with Crippen LogP contribution in [0.3, 0.4) is 0 Å². The smallest absolute Gasteiger partial charge is 0.0635 e. The summed E-state index contributed by atoms with van der Waals surface area (Å²) in [5.41, 5.74) is 1.28. The maximum Gasteiger partial charge on any atom is 0.0635 e. The maximum absolute atomic E-state index is 8.33. The Morgan fingerprint density at radius 3 is 3.15 bits per heavy atom. The van der Waals surface area contributed by atoms with Crippen molar-refractivity contribution in [3.05, 3.63) is 24.0 Å². The number of nitrogens with one attached hydrogen (secondary N) is 1. The van der Waals surface area contributed by atoms with E-state index in [0.717, 1.165) is 19.6 Å². The Morgan fingerprint density at radius 2 is 2.46 bits per heavy atom. The zero-order chi connectivity index (χ0) is 9.52. The fourth-order valence-corrected chi connectivity index (χ4v) is 1.28. The van der Waals surface area contributed by atoms with E-state index in [-0.39, 0.29) is 0 Å². The van der Waals surface area contributed by atoms with Gasteiger partial charge in [0.1, 0.15) is 0 Å². The summed E-state index contributed by atoms with van der Waals surface area (Å²) < 4.78 is 2.19. The zero-order valence-corrected chi connectivity index (χ0v) is 7.95. The van der Waals surface area contributed by atoms with Crippen LogP contribution in [-0.2, 0) is 13.1 Å². The minimum Gasteiger partial charge on any atom is -0.351 e. The Kier molecular flexibility index (Phi) is 4.07. The Hall–Kier alpha value is -1.27. The first-order valence-corrected chi connectivity index (χ1v) is 4.60. The van der Waals surface area contributed by atoms with Gasteiger partial charge in [0.25, 0.3) is 0 Å². The van der Waals surface area contributed by atoms with E-state index in [0.29, 0.717) is 6.42 Å². The van der Waals surface area contributed by atoms with Crippen molar-refractivity contribution in [2.75, 3.05) is 6.54 Å². The lowest BCUT2D eigenvalue weighted by molar-refractivity contribution is 0.634. The van der Waals surface area contributed by atoms with Crippen molar-refractivity contribution in [3.63, 3.8) is 0 Å². The monoisotopic (exact) mass is 177 g/mol. The standard InChI is InChI=1S/C10H15N3/c1-2-13-8-3-5-10(13)9-12-7-4-6-11/h3,5,8,12H,2,4,7,9H2,1H3. The molecular formula is C10H15N3. The quantitative estimate of drug-likeness (QED) is 0.693. The van der Waals surface area contributed by atoms with Crippen molar-refractivity contribution < 1.29 is 0 Å². The van der Waals surface area contributed by atoms with Crippen LogP contribution < -0.4 is 5.32 Å². The number of nitriles is 1. The third-order valence-corrected chi connectivity index (χ3v) is 1.98. The van der Waals surface area contributed by atoms with Crippen LogP contribution in [0.5, 0.6) is 0 Å². The van der Waals surface area contributed by atoms with Gasteiger partial charge in [-0.15, -0.1) is 0 Å². The second kappa shape index (κ2) is 5.39. The molecule has 70 valence electrons. The Balaban J connectivity index is 2.32. The predicted octanol–water partition coefficient (Wildman–Crippen LogP) is 1.51. The molecule has 0 aliphatic rings. The number of nitrogens with zero attached hydrogens (tertiary/aromatic N) is 2. The molecule has 0 aliphatic carbocycles. The topological polar surface area (TPSA) is 40.8 Å². The molecule has 3 nitrogen and oxygen atoms in total. The summed E-state index contributed by atoms with van der Waals surface area (Å²) in [4.78, 5) is 0. The van der Waals surface area contributed by atoms with Crippen LogP contribution in [-0.4, -0.2) is 11.1 Å². The van der Waals surface area contributed by atoms with E-state index in [1.165, 1.54) is 5.69 Å². The molecule has 0 unspecified atom stereocenters. The Bertz CT molecular complexity index is 283. The van der Waals surface area contributed by atoms with Gasteiger partial charge >= 0.3 is 0 Å². The molecule has 1 N–H and O–H groups in total. The minimum atomic E-state index is 0.576. The van der Waals surface area contributed by atoms with E-state index in [2.05, 4.69) is 35.1 Å². The second-order valence-electron chi connectivity index (χ2n) is 2.87. The van der Waals surface area contributed by atoms with E-state index in [1.54, 1.807) is 0 Å². The lowest BCUT2D eigenvalue weighted by atomic mass is 10.4. The van der Waals surface area contributed by atoms with Crippen LogP contribution >= 0.6 is 0 Å². The van der Waals surface area contributed by atoms with Crippen LogP contribution in [0.1, 0.15) is 19.0 Å². The van der Waals surface area contributed by atoms with Crippen LogP contribution in [0.4, 0.5) is 0 Å². The highest BCUT2D eigenvalue weighted by Gasteiger charge is 1.96. The first-order chi connectivity index (χ1) is 6.38. The second-order valence-corrected chi connectivity index (χ2v) is 2.87.